The van der Waals surface area contributed by atoms with Gasteiger partial charge in [-0.1, -0.05) is 44.2 Å². The van der Waals surface area contributed by atoms with E-state index < -0.39 is 16.1 Å². The molecule has 0 aliphatic carbocycles. The van der Waals surface area contributed by atoms with Crippen molar-refractivity contribution in [3.8, 4) is 0 Å². The minimum absolute atomic E-state index is 0.0698. The largest absolute Gasteiger partial charge is 0.351 e. The van der Waals surface area contributed by atoms with Gasteiger partial charge in [0.2, 0.25) is 21.8 Å². The van der Waals surface area contributed by atoms with Crippen molar-refractivity contribution >= 4 is 27.5 Å². The van der Waals surface area contributed by atoms with Crippen molar-refractivity contribution in [1.29, 1.82) is 0 Å². The summed E-state index contributed by atoms with van der Waals surface area (Å²) in [6.07, 6.45) is 0.980. The summed E-state index contributed by atoms with van der Waals surface area (Å²) < 4.78 is 28.7. The molecule has 1 atom stereocenters. The molecule has 0 aromatic heterocycles. The monoisotopic (exact) mass is 443 g/mol. The third kappa shape index (κ3) is 5.71. The first-order valence-corrected chi connectivity index (χ1v) is 11.9. The van der Waals surface area contributed by atoms with Crippen molar-refractivity contribution in [1.82, 2.24) is 10.0 Å². The van der Waals surface area contributed by atoms with Crippen molar-refractivity contribution in [2.24, 2.45) is 5.92 Å². The highest BCUT2D eigenvalue weighted by atomic mass is 32.2. The van der Waals surface area contributed by atoms with Crippen molar-refractivity contribution in [3.05, 3.63) is 59.7 Å². The van der Waals surface area contributed by atoms with Gasteiger partial charge in [0.05, 0.1) is 4.90 Å². The maximum Gasteiger partial charge on any atom is 0.241 e. The molecule has 1 unspecified atom stereocenters. The second-order valence-electron chi connectivity index (χ2n) is 8.22. The number of rotatable bonds is 8. The van der Waals surface area contributed by atoms with Crippen LogP contribution < -0.4 is 14.9 Å². The molecule has 1 aliphatic heterocycles. The molecule has 1 heterocycles. The Labute approximate surface area is 183 Å². The molecule has 0 bridgehead atoms. The lowest BCUT2D eigenvalue weighted by atomic mass is 10.0. The number of sulfonamides is 1. The van der Waals surface area contributed by atoms with E-state index in [1.807, 2.05) is 44.2 Å². The summed E-state index contributed by atoms with van der Waals surface area (Å²) in [6.45, 7) is 6.25. The van der Waals surface area contributed by atoms with Gasteiger partial charge >= 0.3 is 0 Å². The van der Waals surface area contributed by atoms with E-state index in [2.05, 4.69) is 10.0 Å². The number of fused-ring (bicyclic) bond motifs is 1. The van der Waals surface area contributed by atoms with Crippen LogP contribution in [0.4, 0.5) is 5.69 Å². The van der Waals surface area contributed by atoms with E-state index >= 15 is 0 Å². The maximum absolute atomic E-state index is 13.0. The molecule has 7 nitrogen and oxygen atoms in total. The molecule has 1 aliphatic rings. The Morgan fingerprint density at radius 2 is 1.81 bits per heavy atom. The van der Waals surface area contributed by atoms with E-state index in [0.29, 0.717) is 25.9 Å². The summed E-state index contributed by atoms with van der Waals surface area (Å²) in [5, 5.41) is 2.83. The van der Waals surface area contributed by atoms with Crippen LogP contribution in [-0.2, 0) is 32.6 Å². The average molecular weight is 444 g/mol. The van der Waals surface area contributed by atoms with Gasteiger partial charge in [-0.2, -0.15) is 4.72 Å². The highest BCUT2D eigenvalue weighted by Crippen LogP contribution is 2.30. The van der Waals surface area contributed by atoms with Crippen LogP contribution in [0.3, 0.4) is 0 Å². The summed E-state index contributed by atoms with van der Waals surface area (Å²) in [4.78, 5) is 26.2. The first-order valence-electron chi connectivity index (χ1n) is 10.4. The van der Waals surface area contributed by atoms with Crippen LogP contribution in [0.25, 0.3) is 0 Å². The van der Waals surface area contributed by atoms with Gasteiger partial charge < -0.3 is 10.2 Å². The molecule has 31 heavy (non-hydrogen) atoms. The first-order chi connectivity index (χ1) is 14.7. The molecular weight excluding hydrogens is 414 g/mol. The Balaban J connectivity index is 1.75. The quantitative estimate of drug-likeness (QED) is 0.656. The van der Waals surface area contributed by atoms with Crippen LogP contribution in [0.2, 0.25) is 0 Å². The number of nitrogens with zero attached hydrogens (tertiary/aromatic N) is 1. The molecule has 2 aromatic rings. The molecule has 0 spiro atoms. The predicted molar refractivity (Wildman–Crippen MR) is 120 cm³/mol. The summed E-state index contributed by atoms with van der Waals surface area (Å²) >= 11 is 0. The van der Waals surface area contributed by atoms with Crippen LogP contribution in [0.1, 0.15) is 38.3 Å². The Bertz CT molecular complexity index is 1050. The smallest absolute Gasteiger partial charge is 0.241 e. The molecule has 0 radical (unpaired) electrons. The number of carbonyl (C=O) groups excluding carboxylic acids is 2. The fourth-order valence-corrected chi connectivity index (χ4v) is 4.97. The van der Waals surface area contributed by atoms with Crippen LogP contribution in [0, 0.1) is 5.92 Å². The van der Waals surface area contributed by atoms with Gasteiger partial charge in [-0.15, -0.1) is 0 Å². The number of hydrogen-bond acceptors (Lipinski definition) is 4. The summed E-state index contributed by atoms with van der Waals surface area (Å²) in [7, 11) is -3.91. The minimum atomic E-state index is -3.91. The van der Waals surface area contributed by atoms with Crippen LogP contribution in [0.5, 0.6) is 0 Å². The molecule has 2 amide bonds. The fraction of sp³-hybridized carbons (Fsp3) is 0.391. The molecule has 0 saturated carbocycles. The van der Waals surface area contributed by atoms with E-state index in [0.717, 1.165) is 16.8 Å². The summed E-state index contributed by atoms with van der Waals surface area (Å²) in [5.41, 5.74) is 2.49. The average Bonchev–Trinajstić information content (AvgIpc) is 3.15. The Morgan fingerprint density at radius 3 is 2.45 bits per heavy atom. The number of anilines is 1. The molecule has 3 rings (SSSR count). The Hall–Kier alpha value is -2.71. The van der Waals surface area contributed by atoms with Gasteiger partial charge in [0.1, 0.15) is 6.04 Å². The van der Waals surface area contributed by atoms with E-state index in [-0.39, 0.29) is 22.6 Å². The minimum Gasteiger partial charge on any atom is -0.351 e. The molecule has 2 aromatic carbocycles. The Kier molecular flexibility index (Phi) is 7.12. The van der Waals surface area contributed by atoms with Crippen LogP contribution >= 0.6 is 0 Å². The third-order valence-corrected chi connectivity index (χ3v) is 6.74. The van der Waals surface area contributed by atoms with Crippen molar-refractivity contribution in [3.63, 3.8) is 0 Å². The number of amides is 2. The maximum atomic E-state index is 13.0. The van der Waals surface area contributed by atoms with E-state index in [4.69, 9.17) is 0 Å². The zero-order valence-corrected chi connectivity index (χ0v) is 18.9. The molecular formula is C23H29N3O4S. The Morgan fingerprint density at radius 1 is 1.10 bits per heavy atom. The number of benzene rings is 2. The molecule has 0 saturated heterocycles. The van der Waals surface area contributed by atoms with Gasteiger partial charge in [0.25, 0.3) is 0 Å². The van der Waals surface area contributed by atoms with Gasteiger partial charge in [-0.25, -0.2) is 8.42 Å². The zero-order valence-electron chi connectivity index (χ0n) is 18.1. The summed E-state index contributed by atoms with van der Waals surface area (Å²) in [6, 6.07) is 13.3. The number of hydrogen-bond donors (Lipinski definition) is 2. The second-order valence-corrected chi connectivity index (χ2v) is 9.93. The standard InChI is InChI=1S/C23H29N3O4S/c1-16(2)13-21(23(28)24-15-18-7-5-4-6-8-18)25-31(29,30)20-9-10-22-19(14-20)11-12-26(22)17(3)27/h4-10,14,16,21,25H,11-13,15H2,1-3H3,(H,24,28). The molecule has 2 N–H and O–H groups in total. The number of carbonyl (C=O) groups is 2. The predicted octanol–water partition coefficient (Wildman–Crippen LogP) is 2.61. The van der Waals surface area contributed by atoms with Crippen molar-refractivity contribution in [2.75, 3.05) is 11.4 Å². The lowest BCUT2D eigenvalue weighted by Crippen LogP contribution is -2.47. The van der Waals surface area contributed by atoms with Crippen LogP contribution in [0.15, 0.2) is 53.4 Å². The van der Waals surface area contributed by atoms with Gasteiger partial charge in [0, 0.05) is 25.7 Å². The summed E-state index contributed by atoms with van der Waals surface area (Å²) in [5.74, 6) is -0.302. The van der Waals surface area contributed by atoms with Crippen LogP contribution in [-0.4, -0.2) is 32.8 Å². The normalized spacial score (nSPS) is 14.4. The zero-order chi connectivity index (χ0) is 22.6. The highest BCUT2D eigenvalue weighted by molar-refractivity contribution is 7.89. The SMILES string of the molecule is CC(=O)N1CCc2cc(S(=O)(=O)NC(CC(C)C)C(=O)NCc3ccccc3)ccc21. The van der Waals surface area contributed by atoms with E-state index in [1.54, 1.807) is 17.0 Å². The lowest BCUT2D eigenvalue weighted by molar-refractivity contribution is -0.123. The molecule has 8 heteroatoms. The second kappa shape index (κ2) is 9.62. The van der Waals surface area contributed by atoms with E-state index in [1.165, 1.54) is 13.0 Å². The van der Waals surface area contributed by atoms with Crippen molar-refractivity contribution < 1.29 is 18.0 Å². The topological polar surface area (TPSA) is 95.6 Å². The van der Waals surface area contributed by atoms with Gasteiger partial charge in [-0.3, -0.25) is 9.59 Å². The third-order valence-electron chi connectivity index (χ3n) is 5.27. The highest BCUT2D eigenvalue weighted by Gasteiger charge is 2.29. The first kappa shape index (κ1) is 23.0. The molecule has 0 fully saturated rings. The number of nitrogens with one attached hydrogen (secondary N) is 2. The van der Waals surface area contributed by atoms with E-state index in [9.17, 15) is 18.0 Å². The van der Waals surface area contributed by atoms with Gasteiger partial charge in [0.15, 0.2) is 0 Å². The van der Waals surface area contributed by atoms with Crippen molar-refractivity contribution in [2.45, 2.75) is 51.1 Å². The lowest BCUT2D eigenvalue weighted by Gasteiger charge is -2.21. The fourth-order valence-electron chi connectivity index (χ4n) is 3.72. The van der Waals surface area contributed by atoms with Gasteiger partial charge in [-0.05, 0) is 48.1 Å². The molecule has 166 valence electrons.